The monoisotopic (exact) mass is 450 g/mol. The van der Waals surface area contributed by atoms with Crippen molar-refractivity contribution in [2.24, 2.45) is 0 Å². The Morgan fingerprint density at radius 3 is 2.72 bits per heavy atom. The molecule has 1 aromatic heterocycles. The van der Waals surface area contributed by atoms with Crippen molar-refractivity contribution in [1.29, 1.82) is 0 Å². The lowest BCUT2D eigenvalue weighted by Gasteiger charge is -2.26. The summed E-state index contributed by atoms with van der Waals surface area (Å²) < 4.78 is 53.7. The van der Waals surface area contributed by atoms with Crippen molar-refractivity contribution in [3.8, 4) is 17.5 Å². The maximum Gasteiger partial charge on any atom is 0.436 e. The van der Waals surface area contributed by atoms with Crippen molar-refractivity contribution in [2.75, 3.05) is 11.9 Å². The summed E-state index contributed by atoms with van der Waals surface area (Å²) in [6.07, 6.45) is 1.74. The minimum atomic E-state index is -1.25. The molecule has 2 aromatic carbocycles. The van der Waals surface area contributed by atoms with Crippen molar-refractivity contribution >= 4 is 11.4 Å². The summed E-state index contributed by atoms with van der Waals surface area (Å²) in [7, 11) is 0. The molecule has 3 aromatic rings. The summed E-state index contributed by atoms with van der Waals surface area (Å²) >= 11 is 0. The van der Waals surface area contributed by atoms with E-state index in [1.807, 2.05) is 6.92 Å². The number of anilines is 2. The Kier molecular flexibility index (Phi) is 6.58. The van der Waals surface area contributed by atoms with Crippen LogP contribution in [0.25, 0.3) is 11.5 Å². The molecule has 1 saturated heterocycles. The van der Waals surface area contributed by atoms with Gasteiger partial charge in [-0.2, -0.15) is 0 Å². The zero-order valence-corrected chi connectivity index (χ0v) is 17.1. The molecule has 1 aliphatic heterocycles. The fourth-order valence-corrected chi connectivity index (χ4v) is 3.26. The van der Waals surface area contributed by atoms with Crippen LogP contribution in [0.4, 0.5) is 24.5 Å². The van der Waals surface area contributed by atoms with Gasteiger partial charge in [-0.1, -0.05) is 18.1 Å². The Hall–Kier alpha value is -3.15. The van der Waals surface area contributed by atoms with E-state index < -0.39 is 29.8 Å². The lowest BCUT2D eigenvalue weighted by Crippen LogP contribution is -2.39. The van der Waals surface area contributed by atoms with Gasteiger partial charge in [0.2, 0.25) is 0 Å². The Morgan fingerprint density at radius 1 is 1.16 bits per heavy atom. The fourth-order valence-electron chi connectivity index (χ4n) is 3.26. The molecule has 4 rings (SSSR count). The Balaban J connectivity index is 1.60. The van der Waals surface area contributed by atoms with E-state index in [9.17, 15) is 18.4 Å². The molecule has 0 spiro atoms. The van der Waals surface area contributed by atoms with Gasteiger partial charge in [0.1, 0.15) is 5.82 Å². The van der Waals surface area contributed by atoms with Crippen LogP contribution in [-0.4, -0.2) is 33.5 Å². The molecule has 11 heteroatoms. The van der Waals surface area contributed by atoms with E-state index in [2.05, 4.69) is 15.5 Å². The van der Waals surface area contributed by atoms with E-state index in [0.29, 0.717) is 24.7 Å². The van der Waals surface area contributed by atoms with Crippen LogP contribution in [0.5, 0.6) is 6.08 Å². The highest BCUT2D eigenvalue weighted by Crippen LogP contribution is 2.35. The number of aromatic nitrogens is 2. The first-order chi connectivity index (χ1) is 15.5. The van der Waals surface area contributed by atoms with Gasteiger partial charge in [-0.05, 0) is 55.5 Å². The molecule has 0 bridgehead atoms. The first kappa shape index (κ1) is 22.1. The number of halogens is 3. The fraction of sp³-hybridized carbons (Fsp3) is 0.333. The molecule has 0 saturated carbocycles. The van der Waals surface area contributed by atoms with Crippen LogP contribution in [0, 0.1) is 17.5 Å². The van der Waals surface area contributed by atoms with Crippen LogP contribution in [0.3, 0.4) is 0 Å². The molecule has 2 heterocycles. The second-order valence-corrected chi connectivity index (χ2v) is 7.16. The van der Waals surface area contributed by atoms with E-state index in [1.165, 1.54) is 18.2 Å². The van der Waals surface area contributed by atoms with Gasteiger partial charge in [0.05, 0.1) is 16.9 Å². The number of nitrogens with one attached hydrogen (secondary N) is 1. The molecule has 32 heavy (non-hydrogen) atoms. The number of aryl methyl sites for hydroxylation is 1. The molecule has 1 unspecified atom stereocenters. The van der Waals surface area contributed by atoms with Gasteiger partial charge in [-0.3, -0.25) is 5.21 Å². The molecular weight excluding hydrogens is 429 g/mol. The van der Waals surface area contributed by atoms with E-state index in [0.717, 1.165) is 24.5 Å². The number of hydrogen-bond acceptors (Lipinski definition) is 8. The maximum absolute atomic E-state index is 14.6. The van der Waals surface area contributed by atoms with Gasteiger partial charge < -0.3 is 19.3 Å². The third kappa shape index (κ3) is 4.69. The molecular formula is C21H21F3N4O4. The summed E-state index contributed by atoms with van der Waals surface area (Å²) in [5, 5.41) is 20.5. The maximum atomic E-state index is 14.6. The second kappa shape index (κ2) is 9.55. The quantitative estimate of drug-likeness (QED) is 0.488. The predicted octanol–water partition coefficient (Wildman–Crippen LogP) is 4.97. The SMILES string of the molecule is CCc1ccc(Nc2c(-c3nnc(ON(O)C4CCCCO4)o3)ccc(F)c2F)c(F)c1. The first-order valence-electron chi connectivity index (χ1n) is 10.1. The lowest BCUT2D eigenvalue weighted by atomic mass is 10.1. The molecule has 1 fully saturated rings. The highest BCUT2D eigenvalue weighted by Gasteiger charge is 2.26. The van der Waals surface area contributed by atoms with Gasteiger partial charge in [-0.25, -0.2) is 13.2 Å². The van der Waals surface area contributed by atoms with Gasteiger partial charge in [0.25, 0.3) is 5.89 Å². The van der Waals surface area contributed by atoms with Crippen LogP contribution >= 0.6 is 0 Å². The Morgan fingerprint density at radius 2 is 2.00 bits per heavy atom. The Labute approximate surface area is 181 Å². The molecule has 0 aliphatic carbocycles. The number of rotatable bonds is 7. The molecule has 2 N–H and O–H groups in total. The van der Waals surface area contributed by atoms with Gasteiger partial charge in [0, 0.05) is 11.8 Å². The summed E-state index contributed by atoms with van der Waals surface area (Å²) in [5.74, 6) is -3.25. The number of nitrogens with zero attached hydrogens (tertiary/aromatic N) is 3. The number of benzene rings is 2. The minimum absolute atomic E-state index is 0.0244. The van der Waals surface area contributed by atoms with E-state index in [1.54, 1.807) is 6.07 Å². The van der Waals surface area contributed by atoms with Crippen molar-refractivity contribution < 1.29 is 32.4 Å². The van der Waals surface area contributed by atoms with Crippen molar-refractivity contribution in [3.05, 3.63) is 53.3 Å². The molecule has 0 amide bonds. The number of ether oxygens (including phenoxy) is 1. The van der Waals surface area contributed by atoms with Gasteiger partial charge in [0.15, 0.2) is 17.9 Å². The molecule has 170 valence electrons. The van der Waals surface area contributed by atoms with E-state index in [4.69, 9.17) is 14.0 Å². The van der Waals surface area contributed by atoms with Crippen LogP contribution in [0.1, 0.15) is 31.7 Å². The summed E-state index contributed by atoms with van der Waals surface area (Å²) in [5.41, 5.74) is 0.283. The van der Waals surface area contributed by atoms with Crippen LogP contribution in [0.2, 0.25) is 0 Å². The van der Waals surface area contributed by atoms with Crippen molar-refractivity contribution in [2.45, 2.75) is 38.8 Å². The first-order valence-corrected chi connectivity index (χ1v) is 10.1. The molecule has 8 nitrogen and oxygen atoms in total. The van der Waals surface area contributed by atoms with Crippen LogP contribution in [-0.2, 0) is 11.2 Å². The van der Waals surface area contributed by atoms with E-state index in [-0.39, 0.29) is 22.8 Å². The van der Waals surface area contributed by atoms with Crippen molar-refractivity contribution in [3.63, 3.8) is 0 Å². The zero-order valence-electron chi connectivity index (χ0n) is 17.1. The van der Waals surface area contributed by atoms with Crippen LogP contribution < -0.4 is 10.2 Å². The normalized spacial score (nSPS) is 16.4. The zero-order chi connectivity index (χ0) is 22.7. The van der Waals surface area contributed by atoms with Crippen molar-refractivity contribution in [1.82, 2.24) is 15.4 Å². The summed E-state index contributed by atoms with van der Waals surface area (Å²) in [6, 6.07) is 6.49. The largest absolute Gasteiger partial charge is 0.436 e. The summed E-state index contributed by atoms with van der Waals surface area (Å²) in [4.78, 5) is 5.09. The van der Waals surface area contributed by atoms with Gasteiger partial charge >= 0.3 is 6.08 Å². The highest BCUT2D eigenvalue weighted by molar-refractivity contribution is 5.77. The molecule has 1 aliphatic rings. The topological polar surface area (TPSA) is 92.9 Å². The molecule has 0 radical (unpaired) electrons. The number of hydroxylamine groups is 2. The standard InChI is InChI=1S/C21H21F3N4O4/c1-2-12-6-9-16(15(23)11-12)25-19-13(7-8-14(22)18(19)24)20-26-27-21(31-20)32-28(29)17-5-3-4-10-30-17/h6-9,11,17,25,29H,2-5,10H2,1H3. The average molecular weight is 450 g/mol. The predicted molar refractivity (Wildman–Crippen MR) is 107 cm³/mol. The summed E-state index contributed by atoms with van der Waals surface area (Å²) in [6.45, 7) is 2.34. The third-order valence-electron chi connectivity index (χ3n) is 5.01. The smallest absolute Gasteiger partial charge is 0.387 e. The highest BCUT2D eigenvalue weighted by atomic mass is 19.2. The third-order valence-corrected chi connectivity index (χ3v) is 5.01. The Bertz CT molecular complexity index is 1090. The van der Waals surface area contributed by atoms with Gasteiger partial charge in [-0.15, -0.1) is 5.10 Å². The van der Waals surface area contributed by atoms with E-state index >= 15 is 0 Å². The van der Waals surface area contributed by atoms with Crippen LogP contribution in [0.15, 0.2) is 34.7 Å². The molecule has 1 atom stereocenters. The minimum Gasteiger partial charge on any atom is -0.387 e. The second-order valence-electron chi connectivity index (χ2n) is 7.16. The lowest BCUT2D eigenvalue weighted by molar-refractivity contribution is -0.368. The average Bonchev–Trinajstić information content (AvgIpc) is 3.26. The number of hydrogen-bond donors (Lipinski definition) is 2.